The fourth-order valence-corrected chi connectivity index (χ4v) is 16.2. The van der Waals surface area contributed by atoms with E-state index in [9.17, 15) is 41.1 Å². The van der Waals surface area contributed by atoms with Crippen molar-refractivity contribution in [1.82, 2.24) is 14.1 Å². The molecule has 5 nitrogen and oxygen atoms in total. The first-order valence-corrected chi connectivity index (χ1v) is 32.0. The molecule has 1 aliphatic heterocycles. The molecule has 0 amide bonds. The van der Waals surface area contributed by atoms with Crippen molar-refractivity contribution >= 4 is 61.7 Å². The maximum Gasteiger partial charge on any atom is 0.269 e. The van der Waals surface area contributed by atoms with Crippen molar-refractivity contribution in [2.45, 2.75) is 66.1 Å². The highest BCUT2D eigenvalue weighted by Gasteiger charge is 2.42. The number of aryl methyl sites for hydroxylation is 2. The van der Waals surface area contributed by atoms with E-state index in [4.69, 9.17) is 13.8 Å². The number of ether oxygens (including phenoxy) is 1. The summed E-state index contributed by atoms with van der Waals surface area (Å²) in [6.07, 6.45) is 5.15. The number of aromatic nitrogens is 4. The van der Waals surface area contributed by atoms with Crippen molar-refractivity contribution in [2.24, 2.45) is 0 Å². The van der Waals surface area contributed by atoms with Crippen LogP contribution in [0, 0.1) is 20.0 Å². The third kappa shape index (κ3) is 9.74. The first-order valence-electron chi connectivity index (χ1n) is 46.5. The van der Waals surface area contributed by atoms with Gasteiger partial charge in [-0.2, -0.15) is 0 Å². The molecule has 6 heteroatoms. The zero-order chi connectivity index (χ0) is 92.5. The lowest BCUT2D eigenvalue weighted by Crippen LogP contribution is -2.74. The van der Waals surface area contributed by atoms with Crippen LogP contribution in [-0.2, 0) is 10.8 Å². The molecule has 16 rings (SSSR count). The van der Waals surface area contributed by atoms with E-state index < -0.39 is 267 Å². The topological polar surface area (TPSA) is 35.9 Å². The molecule has 0 N–H and O–H groups in total. The zero-order valence-electron chi connectivity index (χ0n) is 84.3. The van der Waals surface area contributed by atoms with Crippen LogP contribution in [0.2, 0.25) is 0 Å². The van der Waals surface area contributed by atoms with E-state index in [0.717, 1.165) is 27.9 Å². The Morgan fingerprint density at radius 2 is 1.03 bits per heavy atom. The lowest BCUT2D eigenvalue weighted by Gasteiger charge is -2.34. The van der Waals surface area contributed by atoms with Gasteiger partial charge in [0.15, 0.2) is 8.07 Å². The van der Waals surface area contributed by atoms with Crippen molar-refractivity contribution in [1.29, 1.82) is 0 Å². The first-order chi connectivity index (χ1) is 59.3. The highest BCUT2D eigenvalue weighted by Crippen LogP contribution is 2.49. The summed E-state index contributed by atoms with van der Waals surface area (Å²) in [4.78, 5) is 4.85. The molecule has 1 aliphatic rings. The van der Waals surface area contributed by atoms with Gasteiger partial charge in [0, 0.05) is 31.3 Å². The summed E-state index contributed by atoms with van der Waals surface area (Å²) >= 11 is 0. The Morgan fingerprint density at radius 1 is 0.457 bits per heavy atom. The molecule has 15 aromatic rings. The van der Waals surface area contributed by atoms with Crippen LogP contribution in [0.1, 0.15) is 109 Å². The molecule has 3 aromatic heterocycles. The molecule has 454 valence electrons. The normalized spacial score (nSPS) is 17.5. The number of imidazole rings is 1. The number of benzene rings is 12. The van der Waals surface area contributed by atoms with Gasteiger partial charge in [-0.05, 0) is 178 Å². The van der Waals surface area contributed by atoms with Crippen LogP contribution < -0.4 is 30.1 Å². The minimum Gasteiger partial charge on any atom is -0.458 e. The Balaban J connectivity index is 1.14. The maximum atomic E-state index is 11.2. The number of pyridine rings is 1. The van der Waals surface area contributed by atoms with Crippen molar-refractivity contribution < 1.29 is 54.5 Å². The molecule has 0 saturated heterocycles. The molecule has 0 spiro atoms. The lowest BCUT2D eigenvalue weighted by molar-refractivity contribution is -0.570. The zero-order valence-corrected chi connectivity index (χ0v) is 52.3. The predicted octanol–water partition coefficient (Wildman–Crippen LogP) is 19.2. The first kappa shape index (κ1) is 32.6. The van der Waals surface area contributed by atoms with Gasteiger partial charge in [0.2, 0.25) is 0 Å². The molecule has 0 aliphatic carbocycles. The Morgan fingerprint density at radius 3 is 1.68 bits per heavy atom. The second-order valence-corrected chi connectivity index (χ2v) is 28.3. The molecule has 0 bridgehead atoms. The maximum absolute atomic E-state index is 11.2. The van der Waals surface area contributed by atoms with Crippen LogP contribution >= 0.6 is 0 Å². The summed E-state index contributed by atoms with van der Waals surface area (Å²) in [5.41, 5.74) is -5.81. The van der Waals surface area contributed by atoms with Gasteiger partial charge in [-0.15, -0.1) is 0 Å². The molecular weight excluding hydrogens is 1160 g/mol. The van der Waals surface area contributed by atoms with Crippen LogP contribution in [0.25, 0.3) is 106 Å². The van der Waals surface area contributed by atoms with Gasteiger partial charge in [0.1, 0.15) is 17.3 Å². The van der Waals surface area contributed by atoms with Crippen LogP contribution in [0.3, 0.4) is 0 Å². The smallest absolute Gasteiger partial charge is 0.269 e. The number of hydrogen-bond donors (Lipinski definition) is 0. The van der Waals surface area contributed by atoms with Crippen molar-refractivity contribution in [3.8, 4) is 84.3 Å². The number of para-hydroxylation sites is 1. The summed E-state index contributed by atoms with van der Waals surface area (Å²) in [5, 5.41) is -2.95. The molecule has 0 fully saturated rings. The van der Waals surface area contributed by atoms with E-state index in [-0.39, 0.29) is 56.0 Å². The average Bonchev–Trinajstić information content (AvgIpc) is 1.49. The molecule has 0 radical (unpaired) electrons. The Hall–Kier alpha value is -10.9. The number of rotatable bonds is 10. The SMILES string of the molecule is [2H]c1c([2H])c([2H])c([Si](c2c([2H])c([2H])c([2H])c([2H])c2[2H])(c2c([2H])c([2H])c([2H])c([2H])c2[2H])c2c([2H])c([2H])c([2H])c(-c3cc4c5c(c3)n(-c3cccc(Oc6ccc7c8ccccc8n(-c8cc(C(C)(C)C)ccn8)c7c6)c3)[c-][n+]5-c3c(-c5c(C([2H])([2H])[2H])cccc5C([2H])([2H])[2H])cc(C(C)(C)C)cc3-c3c([2H])c([2H])c([2H])c([2H])c3-c3c([2H])c([2H])c([2H])c([2H])c3-4)c2[2H])c([2H])c1[2H]. The minimum atomic E-state index is -6.61. The standard InChI is InChI=1S/C88H72N4OSi/c1-58-27-24-28-59(2)84(58)79-53-63(88(6,7)8)52-78-74-42-21-19-40-72(74)71-39-18-20-41-73(71)77-50-61(60-29-25-38-70(49-60)94(67-32-12-9-13-33-67,68-34-14-10-15-35-68)69-36-16-11-17-37-69)51-82-86(77)91(85(78)79)57-90(82)64-30-26-31-65(55-64)93-66-45-46-76-75-43-22-23-44-80(75)92(81(76)56-66)83-54-62(47-48-89-83)87(3,4)5/h9-56H,1-8H3/i1D3,2D3,9D,10D,11D,12D,13D,14D,15D,16D,17D,18D,19D,20D,21D,25D,29D,32D,33D,34D,35D,36D,37D,38D,39D,40D,41D,42D,49D. The summed E-state index contributed by atoms with van der Waals surface area (Å²) in [7, 11) is -6.61. The fourth-order valence-electron chi connectivity index (χ4n) is 12.7. The summed E-state index contributed by atoms with van der Waals surface area (Å²) in [6, 6.07) is 1.52. The molecule has 0 unspecified atom stereocenters. The van der Waals surface area contributed by atoms with E-state index in [1.54, 1.807) is 51.2 Å². The van der Waals surface area contributed by atoms with Crippen molar-refractivity contribution in [3.63, 3.8) is 0 Å². The Bertz CT molecular complexity index is 7110. The van der Waals surface area contributed by atoms with E-state index in [1.165, 1.54) is 51.6 Å². The van der Waals surface area contributed by atoms with E-state index in [2.05, 4.69) is 27.1 Å². The molecular formula is C88H72N4OSi. The van der Waals surface area contributed by atoms with Crippen LogP contribution in [-0.4, -0.2) is 22.2 Å². The monoisotopic (exact) mass is 1260 g/mol. The molecule has 0 saturated carbocycles. The van der Waals surface area contributed by atoms with Gasteiger partial charge < -0.3 is 4.74 Å². The summed E-state index contributed by atoms with van der Waals surface area (Å²) in [6.45, 7) is 5.14. The van der Waals surface area contributed by atoms with Crippen molar-refractivity contribution in [2.75, 3.05) is 0 Å². The largest absolute Gasteiger partial charge is 0.458 e. The second kappa shape index (κ2) is 22.7. The highest BCUT2D eigenvalue weighted by atomic mass is 28.3. The molecule has 0 atom stereocenters. The summed E-state index contributed by atoms with van der Waals surface area (Å²) in [5.74, 6) is 0.952. The fraction of sp³-hybridized carbons (Fsp3) is 0.114. The quantitative estimate of drug-likeness (QED) is 0.0592. The molecule has 12 aromatic carbocycles. The number of nitrogens with zero attached hydrogens (tertiary/aromatic N) is 4. The van der Waals surface area contributed by atoms with E-state index in [1.807, 2.05) is 53.1 Å². The summed E-state index contributed by atoms with van der Waals surface area (Å²) < 4.78 is 331. The van der Waals surface area contributed by atoms with Gasteiger partial charge in [0.05, 0.1) is 70.5 Å². The van der Waals surface area contributed by atoms with Gasteiger partial charge in [-0.25, -0.2) is 4.98 Å². The Kier molecular flexibility index (Phi) is 7.88. The minimum absolute atomic E-state index is 0.0355. The van der Waals surface area contributed by atoms with Crippen LogP contribution in [0.5, 0.6) is 11.5 Å². The second-order valence-electron chi connectivity index (χ2n) is 24.8. The third-order valence-electron chi connectivity index (χ3n) is 17.2. The van der Waals surface area contributed by atoms with Gasteiger partial charge >= 0.3 is 0 Å². The number of fused-ring (bicyclic) bond motifs is 10. The van der Waals surface area contributed by atoms with Crippen LogP contribution in [0.15, 0.2) is 291 Å². The van der Waals surface area contributed by atoms with Gasteiger partial charge in [-0.3, -0.25) is 13.7 Å². The van der Waals surface area contributed by atoms with Gasteiger partial charge in [-0.1, -0.05) is 265 Å². The molecule has 4 heterocycles. The lowest BCUT2D eigenvalue weighted by atomic mass is 9.80. The average molecular weight is 1260 g/mol. The van der Waals surface area contributed by atoms with Crippen LogP contribution in [0.4, 0.5) is 0 Å². The highest BCUT2D eigenvalue weighted by molar-refractivity contribution is 7.20. The van der Waals surface area contributed by atoms with E-state index in [0.29, 0.717) is 11.3 Å². The molecule has 94 heavy (non-hydrogen) atoms. The van der Waals surface area contributed by atoms with Gasteiger partial charge in [0.25, 0.3) is 6.33 Å². The Labute approximate surface area is 598 Å². The van der Waals surface area contributed by atoms with Crippen molar-refractivity contribution in [3.05, 3.63) is 319 Å². The van der Waals surface area contributed by atoms with E-state index >= 15 is 0 Å². The predicted molar refractivity (Wildman–Crippen MR) is 394 cm³/mol. The number of hydrogen-bond acceptors (Lipinski definition) is 2. The third-order valence-corrected chi connectivity index (χ3v) is 21.2.